The highest BCUT2D eigenvalue weighted by atomic mass is 32.1. The molecule has 0 atom stereocenters. The second-order valence-electron chi connectivity index (χ2n) is 4.51. The zero-order chi connectivity index (χ0) is 15.1. The van der Waals surface area contributed by atoms with Gasteiger partial charge in [0.2, 0.25) is 0 Å². The molecule has 0 bridgehead atoms. The predicted molar refractivity (Wildman–Crippen MR) is 84.4 cm³/mol. The lowest BCUT2D eigenvalue weighted by atomic mass is 10.2. The van der Waals surface area contributed by atoms with Crippen LogP contribution in [0.25, 0.3) is 10.6 Å². The van der Waals surface area contributed by atoms with Gasteiger partial charge < -0.3 is 4.74 Å². The van der Waals surface area contributed by atoms with Gasteiger partial charge in [0.25, 0.3) is 0 Å². The molecule has 5 heteroatoms. The predicted octanol–water partition coefficient (Wildman–Crippen LogP) is 4.03. The third kappa shape index (κ3) is 4.49. The van der Waals surface area contributed by atoms with Gasteiger partial charge in [-0.15, -0.1) is 10.2 Å². The molecule has 4 nitrogen and oxygen atoms in total. The van der Waals surface area contributed by atoms with E-state index in [9.17, 15) is 4.79 Å². The SMILES string of the molecule is CC/C=C/C(=O)Oc1ccc(-c2nnc(CCC)s2)cc1. The van der Waals surface area contributed by atoms with Crippen molar-refractivity contribution in [2.45, 2.75) is 33.1 Å². The van der Waals surface area contributed by atoms with Crippen molar-refractivity contribution >= 4 is 17.3 Å². The first kappa shape index (κ1) is 15.4. The molecule has 0 fully saturated rings. The second-order valence-corrected chi connectivity index (χ2v) is 5.57. The van der Waals surface area contributed by atoms with Crippen LogP contribution in [0.5, 0.6) is 5.75 Å². The van der Waals surface area contributed by atoms with Crippen molar-refractivity contribution in [2.75, 3.05) is 0 Å². The van der Waals surface area contributed by atoms with Gasteiger partial charge in [-0.05, 0) is 37.1 Å². The summed E-state index contributed by atoms with van der Waals surface area (Å²) in [5.74, 6) is 0.175. The first-order valence-electron chi connectivity index (χ1n) is 7.04. The Bertz CT molecular complexity index is 617. The van der Waals surface area contributed by atoms with Crippen molar-refractivity contribution in [3.8, 4) is 16.3 Å². The van der Waals surface area contributed by atoms with Gasteiger partial charge in [-0.2, -0.15) is 0 Å². The lowest BCUT2D eigenvalue weighted by molar-refractivity contribution is -0.129. The quantitative estimate of drug-likeness (QED) is 0.459. The Morgan fingerprint density at radius 1 is 1.24 bits per heavy atom. The van der Waals surface area contributed by atoms with Gasteiger partial charge in [0.05, 0.1) is 0 Å². The fraction of sp³-hybridized carbons (Fsp3) is 0.312. The Balaban J connectivity index is 2.04. The molecule has 1 aromatic carbocycles. The van der Waals surface area contributed by atoms with Crippen molar-refractivity contribution in [2.24, 2.45) is 0 Å². The third-order valence-electron chi connectivity index (χ3n) is 2.74. The van der Waals surface area contributed by atoms with Crippen LogP contribution in [0.4, 0.5) is 0 Å². The van der Waals surface area contributed by atoms with Gasteiger partial charge in [0, 0.05) is 18.1 Å². The standard InChI is InChI=1S/C16H18N2O2S/c1-3-5-7-15(19)20-13-10-8-12(9-11-13)16-18-17-14(21-16)6-4-2/h5,7-11H,3-4,6H2,1-2H3/b7-5+. The summed E-state index contributed by atoms with van der Waals surface area (Å²) in [6.07, 6.45) is 6.04. The second kappa shape index (κ2) is 7.69. The molecule has 0 unspecified atom stereocenters. The van der Waals surface area contributed by atoms with E-state index < -0.39 is 0 Å². The summed E-state index contributed by atoms with van der Waals surface area (Å²) in [6.45, 7) is 4.09. The number of aryl methyl sites for hydroxylation is 1. The maximum atomic E-state index is 11.5. The number of nitrogens with zero attached hydrogens (tertiary/aromatic N) is 2. The highest BCUT2D eigenvalue weighted by molar-refractivity contribution is 7.14. The summed E-state index contributed by atoms with van der Waals surface area (Å²) in [7, 11) is 0. The Morgan fingerprint density at radius 3 is 2.67 bits per heavy atom. The minimum atomic E-state index is -0.356. The molecule has 0 saturated carbocycles. The molecule has 0 radical (unpaired) electrons. The maximum absolute atomic E-state index is 11.5. The van der Waals surface area contributed by atoms with Crippen LogP contribution in [0.2, 0.25) is 0 Å². The summed E-state index contributed by atoms with van der Waals surface area (Å²) in [6, 6.07) is 7.33. The molecule has 0 amide bonds. The Morgan fingerprint density at radius 2 is 2.00 bits per heavy atom. The molecule has 2 aromatic rings. The van der Waals surface area contributed by atoms with Gasteiger partial charge in [0.1, 0.15) is 15.8 Å². The normalized spacial score (nSPS) is 11.0. The lowest BCUT2D eigenvalue weighted by Crippen LogP contribution is -2.03. The van der Waals surface area contributed by atoms with Crippen LogP contribution < -0.4 is 4.74 Å². The Hall–Kier alpha value is -2.01. The highest BCUT2D eigenvalue weighted by Gasteiger charge is 2.07. The molecule has 2 rings (SSSR count). The number of carbonyl (C=O) groups excluding carboxylic acids is 1. The van der Waals surface area contributed by atoms with Gasteiger partial charge in [-0.25, -0.2) is 4.79 Å². The minimum Gasteiger partial charge on any atom is -0.423 e. The smallest absolute Gasteiger partial charge is 0.335 e. The number of benzene rings is 1. The first-order chi connectivity index (χ1) is 10.2. The Kier molecular flexibility index (Phi) is 5.63. The van der Waals surface area contributed by atoms with E-state index in [2.05, 4.69) is 17.1 Å². The van der Waals surface area contributed by atoms with E-state index >= 15 is 0 Å². The summed E-state index contributed by atoms with van der Waals surface area (Å²) in [4.78, 5) is 11.5. The van der Waals surface area contributed by atoms with Gasteiger partial charge in [-0.1, -0.05) is 31.3 Å². The van der Waals surface area contributed by atoms with Crippen molar-refractivity contribution in [3.05, 3.63) is 41.4 Å². The fourth-order valence-corrected chi connectivity index (χ4v) is 2.66. The highest BCUT2D eigenvalue weighted by Crippen LogP contribution is 2.26. The topological polar surface area (TPSA) is 52.1 Å². The van der Waals surface area contributed by atoms with Crippen LogP contribution in [-0.2, 0) is 11.2 Å². The van der Waals surface area contributed by atoms with E-state index in [4.69, 9.17) is 4.74 Å². The van der Waals surface area contributed by atoms with E-state index in [-0.39, 0.29) is 5.97 Å². The van der Waals surface area contributed by atoms with E-state index in [1.165, 1.54) is 6.08 Å². The van der Waals surface area contributed by atoms with Crippen molar-refractivity contribution in [3.63, 3.8) is 0 Å². The molecule has 21 heavy (non-hydrogen) atoms. The number of hydrogen-bond donors (Lipinski definition) is 0. The molecule has 0 aliphatic rings. The van der Waals surface area contributed by atoms with E-state index in [0.717, 1.165) is 34.8 Å². The summed E-state index contributed by atoms with van der Waals surface area (Å²) in [5, 5.41) is 10.3. The molecule has 0 saturated heterocycles. The average molecular weight is 302 g/mol. The molecule has 0 N–H and O–H groups in total. The van der Waals surface area contributed by atoms with E-state index in [0.29, 0.717) is 5.75 Å². The third-order valence-corrected chi connectivity index (χ3v) is 3.77. The van der Waals surface area contributed by atoms with Crippen LogP contribution in [0.15, 0.2) is 36.4 Å². The number of rotatable bonds is 6. The largest absolute Gasteiger partial charge is 0.423 e. The van der Waals surface area contributed by atoms with Crippen molar-refractivity contribution < 1.29 is 9.53 Å². The first-order valence-corrected chi connectivity index (χ1v) is 7.85. The Labute approximate surface area is 128 Å². The van der Waals surface area contributed by atoms with Gasteiger partial charge >= 0.3 is 5.97 Å². The maximum Gasteiger partial charge on any atom is 0.335 e. The van der Waals surface area contributed by atoms with E-state index in [1.54, 1.807) is 29.5 Å². The van der Waals surface area contributed by atoms with Crippen molar-refractivity contribution in [1.82, 2.24) is 10.2 Å². The van der Waals surface area contributed by atoms with Crippen LogP contribution in [0, 0.1) is 0 Å². The summed E-state index contributed by atoms with van der Waals surface area (Å²) < 4.78 is 5.19. The molecular formula is C16H18N2O2S. The molecular weight excluding hydrogens is 284 g/mol. The number of hydrogen-bond acceptors (Lipinski definition) is 5. The molecule has 1 heterocycles. The van der Waals surface area contributed by atoms with Crippen LogP contribution >= 0.6 is 11.3 Å². The van der Waals surface area contributed by atoms with Crippen LogP contribution in [0.1, 0.15) is 31.7 Å². The lowest BCUT2D eigenvalue weighted by Gasteiger charge is -2.01. The fourth-order valence-electron chi connectivity index (χ4n) is 1.71. The molecule has 0 spiro atoms. The molecule has 1 aromatic heterocycles. The number of carbonyl (C=O) groups is 1. The molecule has 110 valence electrons. The minimum absolute atomic E-state index is 0.356. The van der Waals surface area contributed by atoms with Gasteiger partial charge in [-0.3, -0.25) is 0 Å². The van der Waals surface area contributed by atoms with Crippen LogP contribution in [-0.4, -0.2) is 16.2 Å². The number of allylic oxidation sites excluding steroid dienone is 1. The number of esters is 1. The zero-order valence-electron chi connectivity index (χ0n) is 12.2. The summed E-state index contributed by atoms with van der Waals surface area (Å²) >= 11 is 1.60. The average Bonchev–Trinajstić information content (AvgIpc) is 2.95. The molecule has 0 aliphatic carbocycles. The zero-order valence-corrected chi connectivity index (χ0v) is 13.0. The summed E-state index contributed by atoms with van der Waals surface area (Å²) in [5.41, 5.74) is 0.985. The van der Waals surface area contributed by atoms with Gasteiger partial charge in [0.15, 0.2) is 0 Å². The number of ether oxygens (including phenoxy) is 1. The van der Waals surface area contributed by atoms with E-state index in [1.807, 2.05) is 19.1 Å². The monoisotopic (exact) mass is 302 g/mol. The molecule has 0 aliphatic heterocycles. The van der Waals surface area contributed by atoms with Crippen LogP contribution in [0.3, 0.4) is 0 Å². The number of aromatic nitrogens is 2. The van der Waals surface area contributed by atoms with Crippen molar-refractivity contribution in [1.29, 1.82) is 0 Å².